The second kappa shape index (κ2) is 11.6. The van der Waals surface area contributed by atoms with Crippen molar-refractivity contribution in [1.82, 2.24) is 35.2 Å². The zero-order chi connectivity index (χ0) is 28.1. The molecule has 2 fully saturated rings. The number of anilines is 1. The van der Waals surface area contributed by atoms with E-state index in [1.807, 2.05) is 0 Å². The lowest BCUT2D eigenvalue weighted by atomic mass is 10.2. The number of aromatic amines is 2. The Morgan fingerprint density at radius 3 is 2.60 bits per heavy atom. The van der Waals surface area contributed by atoms with Gasteiger partial charge in [0.25, 0.3) is 11.1 Å². The molecule has 0 saturated carbocycles. The number of aryl methyl sites for hydroxylation is 1. The minimum atomic E-state index is -3.93. The van der Waals surface area contributed by atoms with Crippen molar-refractivity contribution in [2.45, 2.75) is 56.6 Å². The van der Waals surface area contributed by atoms with Gasteiger partial charge in [0.15, 0.2) is 11.2 Å². The second-order valence-corrected chi connectivity index (χ2v) is 11.9. The van der Waals surface area contributed by atoms with Gasteiger partial charge in [-0.05, 0) is 18.7 Å². The molecule has 40 heavy (non-hydrogen) atoms. The summed E-state index contributed by atoms with van der Waals surface area (Å²) in [6.07, 6.45) is -2.70. The number of aromatic nitrogens is 6. The van der Waals surface area contributed by atoms with Gasteiger partial charge in [0.2, 0.25) is 5.95 Å². The van der Waals surface area contributed by atoms with Crippen LogP contribution in [0, 0.1) is 6.92 Å². The standard InChI is InChI=1S/C20H26N7O10PS.H3N/c1-8-4-26(20(32)25-17(8)30)13-2-9(29)12(36-13)6-34-38(33,39)37-10-3-14(35-11(10)5-28)27-7-22-15-16(27)23-19(21)24-18(15)31;/h4,7,9-14,28-29H,2-3,5-6H2,1H3,(H,33,39)(H,25,30,32)(H3,21,23,24,31);1H3/p+1/t9?,10?,11-,12-,13-,14-,38?;/m1./s1. The number of rotatable bonds is 8. The van der Waals surface area contributed by atoms with Crippen LogP contribution in [0.1, 0.15) is 30.9 Å². The minimum Gasteiger partial charge on any atom is -0.394 e. The molecule has 2 aliphatic heterocycles. The van der Waals surface area contributed by atoms with Gasteiger partial charge < -0.3 is 45.5 Å². The number of ether oxygens (including phenoxy) is 2. The third-order valence-electron chi connectivity index (χ3n) is 6.45. The lowest BCUT2D eigenvalue weighted by Gasteiger charge is -2.24. The number of nitrogen functional groups attached to an aromatic ring is 1. The SMILES string of the molecule is Cc1cn([C@H]2CC(O)[C@@H](COP(O)(=S)OC3C[C@H](n4cnc5c(=O)[nH]c(N)nc54)O[C@@H]3CO)O2)c(=O)[nH]c1=O.[NH4+]. The first-order chi connectivity index (χ1) is 18.5. The van der Waals surface area contributed by atoms with Gasteiger partial charge in [-0.3, -0.25) is 28.7 Å². The highest BCUT2D eigenvalue weighted by atomic mass is 32.5. The molecule has 11 N–H and O–H groups in total. The third-order valence-corrected chi connectivity index (χ3v) is 8.04. The van der Waals surface area contributed by atoms with Gasteiger partial charge >= 0.3 is 12.4 Å². The summed E-state index contributed by atoms with van der Waals surface area (Å²) in [5.74, 6) is -0.114. The number of quaternary nitrogens is 1. The van der Waals surface area contributed by atoms with E-state index in [1.165, 1.54) is 24.0 Å². The molecule has 2 saturated heterocycles. The quantitative estimate of drug-likeness (QED) is 0.144. The molecule has 3 aromatic rings. The molecule has 5 heterocycles. The molecule has 0 radical (unpaired) electrons. The summed E-state index contributed by atoms with van der Waals surface area (Å²) in [7, 11) is 0. The van der Waals surface area contributed by atoms with Crippen LogP contribution in [0.3, 0.4) is 0 Å². The highest BCUT2D eigenvalue weighted by molar-refractivity contribution is 8.07. The first-order valence-corrected chi connectivity index (χ1v) is 14.3. The van der Waals surface area contributed by atoms with Crippen molar-refractivity contribution < 1.29 is 33.6 Å². The van der Waals surface area contributed by atoms with Gasteiger partial charge in [-0.1, -0.05) is 0 Å². The molecule has 7 atom stereocenters. The number of fused-ring (bicyclic) bond motifs is 1. The van der Waals surface area contributed by atoms with Crippen molar-refractivity contribution in [1.29, 1.82) is 0 Å². The van der Waals surface area contributed by atoms with Gasteiger partial charge in [0.05, 0.1) is 31.7 Å². The van der Waals surface area contributed by atoms with Crippen LogP contribution in [0.2, 0.25) is 0 Å². The Bertz CT molecular complexity index is 1610. The normalized spacial score (nSPS) is 28.0. The monoisotopic (exact) mass is 605 g/mol. The van der Waals surface area contributed by atoms with Gasteiger partial charge in [-0.25, -0.2) is 9.78 Å². The van der Waals surface area contributed by atoms with E-state index >= 15 is 0 Å². The molecular weight excluding hydrogens is 575 g/mol. The number of hydrogen-bond donors (Lipinski definition) is 7. The first kappa shape index (κ1) is 30.1. The predicted octanol–water partition coefficient (Wildman–Crippen LogP) is -1.52. The lowest BCUT2D eigenvalue weighted by molar-refractivity contribution is -0.0521. The third kappa shape index (κ3) is 5.93. The Balaban J connectivity index is 0.00000370. The predicted molar refractivity (Wildman–Crippen MR) is 142 cm³/mol. The van der Waals surface area contributed by atoms with E-state index < -0.39 is 67.0 Å². The number of nitrogens with zero attached hydrogens (tertiary/aromatic N) is 4. The Hall–Kier alpha value is -2.84. The molecule has 18 nitrogen and oxygen atoms in total. The fourth-order valence-electron chi connectivity index (χ4n) is 4.51. The van der Waals surface area contributed by atoms with Crippen LogP contribution in [0.4, 0.5) is 5.95 Å². The Morgan fingerprint density at radius 2 is 1.88 bits per heavy atom. The van der Waals surface area contributed by atoms with E-state index in [-0.39, 0.29) is 48.3 Å². The molecule has 5 rings (SSSR count). The van der Waals surface area contributed by atoms with Crippen molar-refractivity contribution in [3.8, 4) is 0 Å². The zero-order valence-corrected chi connectivity index (χ0v) is 23.1. The number of aliphatic hydroxyl groups is 2. The molecule has 0 spiro atoms. The summed E-state index contributed by atoms with van der Waals surface area (Å²) in [5, 5.41) is 20.2. The van der Waals surface area contributed by atoms with Crippen LogP contribution in [-0.4, -0.2) is 81.8 Å². The highest BCUT2D eigenvalue weighted by Gasteiger charge is 2.42. The number of hydrogen-bond acceptors (Lipinski definition) is 13. The summed E-state index contributed by atoms with van der Waals surface area (Å²) < 4.78 is 25.2. The fraction of sp³-hybridized carbons (Fsp3) is 0.550. The molecule has 0 bridgehead atoms. The van der Waals surface area contributed by atoms with Crippen LogP contribution >= 0.6 is 6.72 Å². The van der Waals surface area contributed by atoms with Crippen molar-refractivity contribution in [2.24, 2.45) is 0 Å². The maximum atomic E-state index is 12.2. The lowest BCUT2D eigenvalue weighted by Crippen LogP contribution is -2.33. The molecule has 20 heteroatoms. The van der Waals surface area contributed by atoms with E-state index in [1.54, 1.807) is 0 Å². The van der Waals surface area contributed by atoms with Crippen LogP contribution in [-0.2, 0) is 30.3 Å². The van der Waals surface area contributed by atoms with E-state index in [9.17, 15) is 29.5 Å². The number of nitrogens with two attached hydrogens (primary N) is 1. The second-order valence-electron chi connectivity index (χ2n) is 9.14. The van der Waals surface area contributed by atoms with E-state index in [4.69, 9.17) is 36.1 Å². The van der Waals surface area contributed by atoms with Crippen LogP contribution in [0.5, 0.6) is 0 Å². The van der Waals surface area contributed by atoms with Gasteiger partial charge in [0, 0.05) is 24.6 Å². The molecule has 2 aliphatic rings. The van der Waals surface area contributed by atoms with Gasteiger partial charge in [0.1, 0.15) is 24.7 Å². The molecule has 220 valence electrons. The summed E-state index contributed by atoms with van der Waals surface area (Å²) in [6, 6.07) is 0. The van der Waals surface area contributed by atoms with E-state index in [0.717, 1.165) is 4.57 Å². The number of nitrogens with one attached hydrogen (secondary N) is 2. The maximum absolute atomic E-state index is 12.2. The topological polar surface area (TPSA) is 279 Å². The molecule has 0 aliphatic carbocycles. The average molecular weight is 606 g/mol. The largest absolute Gasteiger partial charge is 0.394 e. The van der Waals surface area contributed by atoms with Gasteiger partial charge in [-0.2, -0.15) is 4.98 Å². The number of aliphatic hydroxyl groups excluding tert-OH is 2. The maximum Gasteiger partial charge on any atom is 0.330 e. The summed E-state index contributed by atoms with van der Waals surface area (Å²) in [4.78, 5) is 59.2. The van der Waals surface area contributed by atoms with Crippen molar-refractivity contribution in [3.63, 3.8) is 0 Å². The summed E-state index contributed by atoms with van der Waals surface area (Å²) >= 11 is 5.14. The minimum absolute atomic E-state index is 0. The summed E-state index contributed by atoms with van der Waals surface area (Å²) in [5.41, 5.74) is 4.39. The van der Waals surface area contributed by atoms with Gasteiger partial charge in [-0.15, -0.1) is 0 Å². The molecule has 0 amide bonds. The van der Waals surface area contributed by atoms with Crippen LogP contribution in [0.15, 0.2) is 26.9 Å². The van der Waals surface area contributed by atoms with E-state index in [2.05, 4.69) is 19.9 Å². The molecule has 0 aromatic carbocycles. The number of H-pyrrole nitrogens is 2. The van der Waals surface area contributed by atoms with Crippen molar-refractivity contribution in [3.05, 3.63) is 49.3 Å². The number of imidazole rings is 1. The van der Waals surface area contributed by atoms with Crippen LogP contribution < -0.4 is 28.7 Å². The van der Waals surface area contributed by atoms with Crippen molar-refractivity contribution >= 4 is 35.6 Å². The fourth-order valence-corrected chi connectivity index (χ4v) is 5.98. The Kier molecular flexibility index (Phi) is 8.71. The first-order valence-electron chi connectivity index (χ1n) is 11.8. The molecular formula is C20H30N8O10PS+. The zero-order valence-electron chi connectivity index (χ0n) is 21.4. The molecule has 3 aromatic heterocycles. The average Bonchev–Trinajstić information content (AvgIpc) is 3.56. The Labute approximate surface area is 229 Å². The smallest absolute Gasteiger partial charge is 0.330 e. The van der Waals surface area contributed by atoms with E-state index in [0.29, 0.717) is 0 Å². The summed E-state index contributed by atoms with van der Waals surface area (Å²) in [6.45, 7) is -3.24. The Morgan fingerprint density at radius 1 is 1.18 bits per heavy atom. The van der Waals surface area contributed by atoms with Crippen LogP contribution in [0.25, 0.3) is 11.2 Å². The highest BCUT2D eigenvalue weighted by Crippen LogP contribution is 2.49. The molecule has 3 unspecified atom stereocenters. The van der Waals surface area contributed by atoms with Crippen molar-refractivity contribution in [2.75, 3.05) is 18.9 Å².